The molecule has 0 fully saturated rings. The van der Waals surface area contributed by atoms with Crippen LogP contribution in [0.4, 0.5) is 13.2 Å². The average molecular weight is 303 g/mol. The maximum atomic E-state index is 12.5. The molecule has 0 N–H and O–H groups in total. The van der Waals surface area contributed by atoms with Crippen LogP contribution in [0.2, 0.25) is 0 Å². The molecule has 0 aliphatic carbocycles. The summed E-state index contributed by atoms with van der Waals surface area (Å²) in [6.45, 7) is -0.749. The van der Waals surface area contributed by atoms with E-state index in [0.717, 1.165) is 12.3 Å². The Labute approximate surface area is 86.3 Å². The van der Waals surface area contributed by atoms with Crippen molar-refractivity contribution in [1.82, 2.24) is 4.98 Å². The zero-order valence-corrected chi connectivity index (χ0v) is 8.46. The molecule has 2 nitrogen and oxygen atoms in total. The summed E-state index contributed by atoms with van der Waals surface area (Å²) in [7, 11) is 0. The van der Waals surface area contributed by atoms with Crippen molar-refractivity contribution in [3.63, 3.8) is 0 Å². The highest BCUT2D eigenvalue weighted by Gasteiger charge is 2.08. The highest BCUT2D eigenvalue weighted by molar-refractivity contribution is 14.1. The zero-order chi connectivity index (χ0) is 9.84. The lowest BCUT2D eigenvalue weighted by Gasteiger charge is -2.06. The molecule has 0 aliphatic rings. The second kappa shape index (κ2) is 4.64. The van der Waals surface area contributed by atoms with E-state index in [1.807, 2.05) is 0 Å². The van der Waals surface area contributed by atoms with Crippen LogP contribution in [0.15, 0.2) is 12.3 Å². The summed E-state index contributed by atoms with van der Waals surface area (Å²) in [5.74, 6) is -0.564. The van der Waals surface area contributed by atoms with Gasteiger partial charge in [0.15, 0.2) is 5.75 Å². The number of nitrogens with zero attached hydrogens (tertiary/aromatic N) is 1. The number of alkyl halides is 2. The Morgan fingerprint density at radius 1 is 1.54 bits per heavy atom. The number of rotatable bonds is 3. The van der Waals surface area contributed by atoms with Crippen LogP contribution < -0.4 is 4.74 Å². The molecule has 0 amide bonds. The van der Waals surface area contributed by atoms with Gasteiger partial charge in [-0.05, 0) is 22.6 Å². The summed E-state index contributed by atoms with van der Waals surface area (Å²) in [4.78, 5) is 3.60. The molecule has 1 heterocycles. The maximum absolute atomic E-state index is 12.5. The van der Waals surface area contributed by atoms with Gasteiger partial charge < -0.3 is 4.74 Å². The highest BCUT2D eigenvalue weighted by Crippen LogP contribution is 2.19. The van der Waals surface area contributed by atoms with Gasteiger partial charge in [0.05, 0.1) is 6.20 Å². The van der Waals surface area contributed by atoms with E-state index in [9.17, 15) is 13.2 Å². The van der Waals surface area contributed by atoms with Crippen molar-refractivity contribution in [3.05, 3.63) is 21.8 Å². The zero-order valence-electron chi connectivity index (χ0n) is 6.31. The Bertz CT molecular complexity index is 295. The van der Waals surface area contributed by atoms with Crippen LogP contribution >= 0.6 is 22.6 Å². The summed E-state index contributed by atoms with van der Waals surface area (Å²) < 4.78 is 40.9. The summed E-state index contributed by atoms with van der Waals surface area (Å²) in [6, 6.07) is 1.02. The van der Waals surface area contributed by atoms with Crippen LogP contribution in [0.5, 0.6) is 5.75 Å². The lowest BCUT2D eigenvalue weighted by molar-refractivity contribution is 0.0810. The van der Waals surface area contributed by atoms with E-state index in [2.05, 4.69) is 9.72 Å². The minimum absolute atomic E-state index is 0.0425. The fourth-order valence-corrected chi connectivity index (χ4v) is 1.11. The predicted molar refractivity (Wildman–Crippen MR) is 48.4 cm³/mol. The van der Waals surface area contributed by atoms with Gasteiger partial charge in [-0.15, -0.1) is 0 Å². The normalized spacial score (nSPS) is 10.5. The molecule has 1 aromatic rings. The first-order valence-corrected chi connectivity index (χ1v) is 4.39. The standard InChI is InChI=1S/C7H5F3INO/c8-4-1-5(7(11)12-2-4)13-3-6(9)10/h1-2,6H,3H2. The van der Waals surface area contributed by atoms with Crippen LogP contribution in [-0.4, -0.2) is 18.0 Å². The fourth-order valence-electron chi connectivity index (χ4n) is 0.658. The van der Waals surface area contributed by atoms with Gasteiger partial charge in [-0.25, -0.2) is 18.2 Å². The number of ether oxygens (including phenoxy) is 1. The van der Waals surface area contributed by atoms with E-state index in [0.29, 0.717) is 3.70 Å². The summed E-state index contributed by atoms with van der Waals surface area (Å²) in [6.07, 6.45) is -1.57. The first kappa shape index (κ1) is 10.6. The fraction of sp³-hybridized carbons (Fsp3) is 0.286. The van der Waals surface area contributed by atoms with Crippen LogP contribution in [0.25, 0.3) is 0 Å². The third kappa shape index (κ3) is 3.37. The Kier molecular flexibility index (Phi) is 3.76. The molecule has 6 heteroatoms. The molecule has 0 saturated carbocycles. The molecule has 0 atom stereocenters. The van der Waals surface area contributed by atoms with Crippen molar-refractivity contribution >= 4 is 22.6 Å². The van der Waals surface area contributed by atoms with Crippen LogP contribution in [0.1, 0.15) is 0 Å². The largest absolute Gasteiger partial charge is 0.485 e. The van der Waals surface area contributed by atoms with Crippen LogP contribution in [-0.2, 0) is 0 Å². The molecular weight excluding hydrogens is 298 g/mol. The van der Waals surface area contributed by atoms with Crippen molar-refractivity contribution in [2.24, 2.45) is 0 Å². The van der Waals surface area contributed by atoms with Crippen molar-refractivity contribution < 1.29 is 17.9 Å². The monoisotopic (exact) mass is 303 g/mol. The van der Waals surface area contributed by atoms with Crippen molar-refractivity contribution in [1.29, 1.82) is 0 Å². The molecule has 1 aromatic heterocycles. The molecule has 72 valence electrons. The minimum atomic E-state index is -2.57. The lowest BCUT2D eigenvalue weighted by Crippen LogP contribution is -2.08. The Hall–Kier alpha value is -0.530. The van der Waals surface area contributed by atoms with E-state index in [1.165, 1.54) is 0 Å². The van der Waals surface area contributed by atoms with Gasteiger partial charge >= 0.3 is 0 Å². The molecule has 0 saturated heterocycles. The SMILES string of the molecule is Fc1cnc(I)c(OCC(F)F)c1. The Balaban J connectivity index is 2.70. The summed E-state index contributed by atoms with van der Waals surface area (Å²) >= 11 is 1.78. The van der Waals surface area contributed by atoms with Crippen LogP contribution in [0, 0.1) is 9.52 Å². The van der Waals surface area contributed by atoms with Gasteiger partial charge in [0.2, 0.25) is 0 Å². The first-order chi connectivity index (χ1) is 6.09. The quantitative estimate of drug-likeness (QED) is 0.632. The van der Waals surface area contributed by atoms with E-state index < -0.39 is 18.8 Å². The smallest absolute Gasteiger partial charge is 0.272 e. The van der Waals surface area contributed by atoms with E-state index in [4.69, 9.17) is 0 Å². The van der Waals surface area contributed by atoms with Gasteiger partial charge in [0.25, 0.3) is 6.43 Å². The third-order valence-corrected chi connectivity index (χ3v) is 1.95. The predicted octanol–water partition coefficient (Wildman–Crippen LogP) is 2.47. The molecule has 0 spiro atoms. The molecule has 13 heavy (non-hydrogen) atoms. The molecule has 0 unspecified atom stereocenters. The molecule has 1 rings (SSSR count). The molecule has 0 aliphatic heterocycles. The van der Waals surface area contributed by atoms with E-state index in [-0.39, 0.29) is 5.75 Å². The van der Waals surface area contributed by atoms with Crippen molar-refractivity contribution in [2.45, 2.75) is 6.43 Å². The van der Waals surface area contributed by atoms with Gasteiger partial charge in [0.1, 0.15) is 16.1 Å². The van der Waals surface area contributed by atoms with E-state index in [1.54, 1.807) is 22.6 Å². The van der Waals surface area contributed by atoms with Gasteiger partial charge in [0, 0.05) is 6.07 Å². The number of halogens is 4. The van der Waals surface area contributed by atoms with E-state index >= 15 is 0 Å². The number of hydrogen-bond acceptors (Lipinski definition) is 2. The summed E-state index contributed by atoms with van der Waals surface area (Å²) in [5, 5.41) is 0. The molecular formula is C7H5F3INO. The second-order valence-corrected chi connectivity index (χ2v) is 3.17. The van der Waals surface area contributed by atoms with Gasteiger partial charge in [-0.1, -0.05) is 0 Å². The molecule has 0 bridgehead atoms. The average Bonchev–Trinajstić information content (AvgIpc) is 2.06. The number of hydrogen-bond donors (Lipinski definition) is 0. The number of pyridine rings is 1. The topological polar surface area (TPSA) is 22.1 Å². The van der Waals surface area contributed by atoms with Crippen molar-refractivity contribution in [2.75, 3.05) is 6.61 Å². The number of aromatic nitrogens is 1. The lowest BCUT2D eigenvalue weighted by atomic mass is 10.4. The van der Waals surface area contributed by atoms with Crippen LogP contribution in [0.3, 0.4) is 0 Å². The highest BCUT2D eigenvalue weighted by atomic mass is 127. The minimum Gasteiger partial charge on any atom is -0.485 e. The first-order valence-electron chi connectivity index (χ1n) is 3.31. The molecule has 0 aromatic carbocycles. The molecule has 0 radical (unpaired) electrons. The Morgan fingerprint density at radius 3 is 2.85 bits per heavy atom. The van der Waals surface area contributed by atoms with Gasteiger partial charge in [-0.3, -0.25) is 0 Å². The summed E-state index contributed by atoms with van der Waals surface area (Å²) in [5.41, 5.74) is 0. The second-order valence-electron chi connectivity index (χ2n) is 2.14. The van der Waals surface area contributed by atoms with Crippen molar-refractivity contribution in [3.8, 4) is 5.75 Å². The van der Waals surface area contributed by atoms with Gasteiger partial charge in [-0.2, -0.15) is 0 Å². The Morgan fingerprint density at radius 2 is 2.23 bits per heavy atom. The third-order valence-electron chi connectivity index (χ3n) is 1.14. The maximum Gasteiger partial charge on any atom is 0.272 e.